The van der Waals surface area contributed by atoms with Gasteiger partial charge in [-0.25, -0.2) is 0 Å². The molecule has 0 aliphatic heterocycles. The molecule has 1 aliphatic carbocycles. The fourth-order valence-electron chi connectivity index (χ4n) is 2.97. The normalized spacial score (nSPS) is 16.2. The molecule has 0 bridgehead atoms. The molecular formula is C18H22O3. The van der Waals surface area contributed by atoms with Crippen molar-refractivity contribution in [3.8, 4) is 11.8 Å². The van der Waals surface area contributed by atoms with Crippen LogP contribution in [0.2, 0.25) is 0 Å². The summed E-state index contributed by atoms with van der Waals surface area (Å²) in [5.74, 6) is 5.33. The zero-order valence-electron chi connectivity index (χ0n) is 12.5. The Bertz CT molecular complexity index is 516. The van der Waals surface area contributed by atoms with Crippen molar-refractivity contribution >= 4 is 5.97 Å². The molecule has 1 aromatic rings. The first kappa shape index (κ1) is 15.6. The predicted molar refractivity (Wildman–Crippen MR) is 82.1 cm³/mol. The van der Waals surface area contributed by atoms with Crippen molar-refractivity contribution in [3.63, 3.8) is 0 Å². The van der Waals surface area contributed by atoms with Crippen LogP contribution in [0, 0.1) is 17.8 Å². The molecule has 1 atom stereocenters. The van der Waals surface area contributed by atoms with Crippen LogP contribution in [0.5, 0.6) is 0 Å². The molecule has 1 aliphatic rings. The van der Waals surface area contributed by atoms with E-state index in [9.17, 15) is 9.90 Å². The molecule has 2 rings (SSSR count). The van der Waals surface area contributed by atoms with Crippen molar-refractivity contribution < 1.29 is 14.6 Å². The van der Waals surface area contributed by atoms with Gasteiger partial charge in [-0.3, -0.25) is 4.79 Å². The summed E-state index contributed by atoms with van der Waals surface area (Å²) in [6, 6.07) is 7.57. The van der Waals surface area contributed by atoms with Gasteiger partial charge in [0.25, 0.3) is 0 Å². The highest BCUT2D eigenvalue weighted by molar-refractivity contribution is 5.76. The molecule has 0 heterocycles. The number of hydrogen-bond donors (Lipinski definition) is 1. The number of carbonyl (C=O) groups is 1. The van der Waals surface area contributed by atoms with E-state index in [1.165, 1.54) is 25.7 Å². The molecule has 1 N–H and O–H groups in total. The number of rotatable bonds is 5. The molecule has 0 spiro atoms. The van der Waals surface area contributed by atoms with Crippen LogP contribution in [0.1, 0.15) is 49.1 Å². The van der Waals surface area contributed by atoms with E-state index in [2.05, 4.69) is 11.8 Å². The van der Waals surface area contributed by atoms with Crippen molar-refractivity contribution in [2.75, 3.05) is 13.7 Å². The minimum atomic E-state index is -0.722. The highest BCUT2D eigenvalue weighted by Crippen LogP contribution is 2.34. The Morgan fingerprint density at radius 3 is 2.57 bits per heavy atom. The maximum absolute atomic E-state index is 11.5. The third-order valence-corrected chi connectivity index (χ3v) is 4.10. The molecule has 3 heteroatoms. The molecule has 3 nitrogen and oxygen atoms in total. The van der Waals surface area contributed by atoms with E-state index in [1.54, 1.807) is 7.11 Å². The van der Waals surface area contributed by atoms with Crippen LogP contribution in [0.4, 0.5) is 0 Å². The predicted octanol–water partition coefficient (Wildman–Crippen LogP) is 3.43. The van der Waals surface area contributed by atoms with Gasteiger partial charge >= 0.3 is 5.97 Å². The summed E-state index contributed by atoms with van der Waals surface area (Å²) in [4.78, 5) is 11.5. The van der Waals surface area contributed by atoms with E-state index < -0.39 is 11.9 Å². The largest absolute Gasteiger partial charge is 0.481 e. The van der Waals surface area contributed by atoms with Gasteiger partial charge in [-0.15, -0.1) is 0 Å². The maximum Gasteiger partial charge on any atom is 0.310 e. The Morgan fingerprint density at radius 1 is 1.33 bits per heavy atom. The van der Waals surface area contributed by atoms with Crippen molar-refractivity contribution in [3.05, 3.63) is 35.4 Å². The third kappa shape index (κ3) is 4.61. The van der Waals surface area contributed by atoms with Gasteiger partial charge in [-0.05, 0) is 30.0 Å². The van der Waals surface area contributed by atoms with Crippen molar-refractivity contribution in [2.24, 2.45) is 5.92 Å². The lowest BCUT2D eigenvalue weighted by Crippen LogP contribution is -2.15. The van der Waals surface area contributed by atoms with Gasteiger partial charge in [0.15, 0.2) is 0 Å². The number of methoxy groups -OCH3 is 1. The molecule has 0 saturated heterocycles. The van der Waals surface area contributed by atoms with E-state index in [-0.39, 0.29) is 0 Å². The fraction of sp³-hybridized carbons (Fsp3) is 0.500. The van der Waals surface area contributed by atoms with E-state index in [0.29, 0.717) is 12.5 Å². The first-order chi connectivity index (χ1) is 10.2. The summed E-state index contributed by atoms with van der Waals surface area (Å²) in [5, 5.41) is 9.49. The molecule has 1 fully saturated rings. The summed E-state index contributed by atoms with van der Waals surface area (Å²) < 4.78 is 4.88. The number of benzene rings is 1. The van der Waals surface area contributed by atoms with Gasteiger partial charge in [0.05, 0.1) is 5.92 Å². The smallest absolute Gasteiger partial charge is 0.310 e. The summed E-state index contributed by atoms with van der Waals surface area (Å²) in [5.41, 5.74) is 1.77. The lowest BCUT2D eigenvalue weighted by molar-refractivity contribution is -0.139. The Morgan fingerprint density at radius 2 is 2.00 bits per heavy atom. The van der Waals surface area contributed by atoms with E-state index in [1.807, 2.05) is 24.3 Å². The SMILES string of the molecule is COCC#Cc1ccc(C(CC2CCCC2)C(=O)O)cc1. The van der Waals surface area contributed by atoms with Gasteiger partial charge in [-0.2, -0.15) is 0 Å². The van der Waals surface area contributed by atoms with Crippen LogP contribution < -0.4 is 0 Å². The Kier molecular flexibility index (Phi) is 5.83. The number of ether oxygens (including phenoxy) is 1. The van der Waals surface area contributed by atoms with Crippen LogP contribution in [-0.4, -0.2) is 24.8 Å². The summed E-state index contributed by atoms with van der Waals surface area (Å²) in [7, 11) is 1.61. The van der Waals surface area contributed by atoms with E-state index in [4.69, 9.17) is 4.74 Å². The average Bonchev–Trinajstić information content (AvgIpc) is 2.99. The Balaban J connectivity index is 2.06. The van der Waals surface area contributed by atoms with Crippen LogP contribution in [0.25, 0.3) is 0 Å². The standard InChI is InChI=1S/C18H22O3/c1-21-12-4-7-14-8-10-16(11-9-14)17(18(19)20)13-15-5-2-3-6-15/h8-11,15,17H,2-3,5-6,12-13H2,1H3,(H,19,20). The first-order valence-corrected chi connectivity index (χ1v) is 7.51. The minimum Gasteiger partial charge on any atom is -0.481 e. The summed E-state index contributed by atoms with van der Waals surface area (Å²) in [6.07, 6.45) is 5.58. The zero-order valence-corrected chi connectivity index (χ0v) is 12.5. The van der Waals surface area contributed by atoms with Crippen molar-refractivity contribution in [1.29, 1.82) is 0 Å². The summed E-state index contributed by atoms with van der Waals surface area (Å²) in [6.45, 7) is 0.404. The minimum absolute atomic E-state index is 0.394. The monoisotopic (exact) mass is 286 g/mol. The average molecular weight is 286 g/mol. The molecular weight excluding hydrogens is 264 g/mol. The Labute approximate surface area is 126 Å². The third-order valence-electron chi connectivity index (χ3n) is 4.10. The van der Waals surface area contributed by atoms with Crippen molar-refractivity contribution in [2.45, 2.75) is 38.0 Å². The second-order valence-electron chi connectivity index (χ2n) is 5.63. The fourth-order valence-corrected chi connectivity index (χ4v) is 2.97. The lowest BCUT2D eigenvalue weighted by atomic mass is 9.87. The van der Waals surface area contributed by atoms with Crippen molar-refractivity contribution in [1.82, 2.24) is 0 Å². The highest BCUT2D eigenvalue weighted by atomic mass is 16.5. The molecule has 1 aromatic carbocycles. The van der Waals surface area contributed by atoms with Gasteiger partial charge in [0.1, 0.15) is 6.61 Å². The van der Waals surface area contributed by atoms with E-state index >= 15 is 0 Å². The van der Waals surface area contributed by atoms with Gasteiger partial charge < -0.3 is 9.84 Å². The number of aliphatic carboxylic acids is 1. The molecule has 1 unspecified atom stereocenters. The molecule has 0 amide bonds. The van der Waals surface area contributed by atoms with Crippen LogP contribution in [-0.2, 0) is 9.53 Å². The Hall–Kier alpha value is -1.79. The molecule has 1 saturated carbocycles. The highest BCUT2D eigenvalue weighted by Gasteiger charge is 2.26. The molecule has 112 valence electrons. The quantitative estimate of drug-likeness (QED) is 0.843. The second-order valence-corrected chi connectivity index (χ2v) is 5.63. The van der Waals surface area contributed by atoms with Crippen LogP contribution in [0.3, 0.4) is 0 Å². The van der Waals surface area contributed by atoms with Gasteiger partial charge in [0, 0.05) is 12.7 Å². The van der Waals surface area contributed by atoms with E-state index in [0.717, 1.165) is 17.5 Å². The van der Waals surface area contributed by atoms with Gasteiger partial charge in [0.2, 0.25) is 0 Å². The number of hydrogen-bond acceptors (Lipinski definition) is 2. The topological polar surface area (TPSA) is 46.5 Å². The number of carboxylic acid groups (broad SMARTS) is 1. The first-order valence-electron chi connectivity index (χ1n) is 7.51. The zero-order chi connectivity index (χ0) is 15.1. The maximum atomic E-state index is 11.5. The number of carboxylic acids is 1. The summed E-state index contributed by atoms with van der Waals surface area (Å²) >= 11 is 0. The molecule has 0 radical (unpaired) electrons. The van der Waals surface area contributed by atoms with Gasteiger partial charge in [-0.1, -0.05) is 49.7 Å². The lowest BCUT2D eigenvalue weighted by Gasteiger charge is -2.17. The van der Waals surface area contributed by atoms with Crippen LogP contribution in [0.15, 0.2) is 24.3 Å². The second kappa shape index (κ2) is 7.85. The van der Waals surface area contributed by atoms with Crippen LogP contribution >= 0.6 is 0 Å². The molecule has 21 heavy (non-hydrogen) atoms. The molecule has 0 aromatic heterocycles.